The van der Waals surface area contributed by atoms with Crippen molar-refractivity contribution >= 4 is 0 Å². The summed E-state index contributed by atoms with van der Waals surface area (Å²) in [6, 6.07) is 21.6. The van der Waals surface area contributed by atoms with E-state index in [-0.39, 0.29) is 11.5 Å². The lowest BCUT2D eigenvalue weighted by Gasteiger charge is -2.29. The topological polar surface area (TPSA) is 33.7 Å². The smallest absolute Gasteiger partial charge is 0.0720 e. The van der Waals surface area contributed by atoms with Gasteiger partial charge in [-0.25, -0.2) is 0 Å². The molecule has 2 aromatic rings. The molecule has 0 aromatic heterocycles. The van der Waals surface area contributed by atoms with Crippen LogP contribution in [0.1, 0.15) is 24.0 Å². The molecule has 0 unspecified atom stereocenters. The van der Waals surface area contributed by atoms with Crippen molar-refractivity contribution in [2.75, 3.05) is 26.4 Å². The fourth-order valence-corrected chi connectivity index (χ4v) is 5.36. The molecule has 4 heteroatoms. The Kier molecular flexibility index (Phi) is 6.00. The van der Waals surface area contributed by atoms with Gasteiger partial charge in [0, 0.05) is 31.2 Å². The monoisotopic (exact) mass is 404 g/mol. The number of rotatable bonds is 8. The van der Waals surface area contributed by atoms with Gasteiger partial charge >= 0.3 is 0 Å². The lowest BCUT2D eigenvalue weighted by atomic mass is 10.0. The summed E-state index contributed by atoms with van der Waals surface area (Å²) in [4.78, 5) is 2.60. The summed E-state index contributed by atoms with van der Waals surface area (Å²) < 4.78 is 12.8. The fraction of sp³-hybridized carbons (Fsp3) is 0.462. The van der Waals surface area contributed by atoms with Gasteiger partial charge in [-0.05, 0) is 29.9 Å². The summed E-state index contributed by atoms with van der Waals surface area (Å²) in [5.74, 6) is 0.669. The van der Waals surface area contributed by atoms with Crippen LogP contribution >= 0.6 is 0 Å². The Morgan fingerprint density at radius 3 is 2.43 bits per heavy atom. The van der Waals surface area contributed by atoms with Crippen LogP contribution in [0.2, 0.25) is 0 Å². The van der Waals surface area contributed by atoms with Gasteiger partial charge in [-0.2, -0.15) is 0 Å². The second-order valence-electron chi connectivity index (χ2n) is 8.97. The molecule has 1 N–H and O–H groups in total. The van der Waals surface area contributed by atoms with E-state index in [1.807, 2.05) is 0 Å². The average molecular weight is 405 g/mol. The molecule has 0 radical (unpaired) electrons. The van der Waals surface area contributed by atoms with Crippen molar-refractivity contribution in [2.45, 2.75) is 38.2 Å². The number of hydrogen-bond donors (Lipinski definition) is 1. The molecule has 0 amide bonds. The van der Waals surface area contributed by atoms with Crippen LogP contribution in [0, 0.1) is 11.3 Å². The number of benzene rings is 2. The molecule has 4 nitrogen and oxygen atoms in total. The summed E-state index contributed by atoms with van der Waals surface area (Å²) in [6.45, 7) is 5.11. The predicted molar refractivity (Wildman–Crippen MR) is 119 cm³/mol. The molecule has 2 aromatic carbocycles. The van der Waals surface area contributed by atoms with Crippen LogP contribution in [0.5, 0.6) is 0 Å². The Labute approximate surface area is 179 Å². The maximum absolute atomic E-state index is 6.56. The molecule has 1 aliphatic heterocycles. The minimum atomic E-state index is 0.171. The second-order valence-corrected chi connectivity index (χ2v) is 8.97. The lowest BCUT2D eigenvalue weighted by molar-refractivity contribution is -0.0409. The first-order valence-corrected chi connectivity index (χ1v) is 11.2. The van der Waals surface area contributed by atoms with Crippen LogP contribution in [-0.2, 0) is 22.7 Å². The predicted octanol–water partition coefficient (Wildman–Crippen LogP) is 3.99. The first-order chi connectivity index (χ1) is 14.9. The number of nitrogens with zero attached hydrogens (tertiary/aromatic N) is 1. The highest BCUT2D eigenvalue weighted by molar-refractivity contribution is 5.20. The molecule has 2 fully saturated rings. The molecule has 5 rings (SSSR count). The Balaban J connectivity index is 1.26. The third-order valence-corrected chi connectivity index (χ3v) is 7.07. The van der Waals surface area contributed by atoms with Crippen molar-refractivity contribution < 1.29 is 9.47 Å². The van der Waals surface area contributed by atoms with Gasteiger partial charge in [-0.1, -0.05) is 72.8 Å². The number of fused-ring (bicyclic) bond motifs is 1. The van der Waals surface area contributed by atoms with Gasteiger partial charge in [0.05, 0.1) is 25.9 Å². The minimum Gasteiger partial charge on any atom is -0.376 e. The maximum atomic E-state index is 6.56. The van der Waals surface area contributed by atoms with Crippen molar-refractivity contribution in [3.8, 4) is 0 Å². The van der Waals surface area contributed by atoms with Gasteiger partial charge in [0.2, 0.25) is 0 Å². The van der Waals surface area contributed by atoms with Crippen LogP contribution in [0.3, 0.4) is 0 Å². The average Bonchev–Trinajstić information content (AvgIpc) is 3.51. The van der Waals surface area contributed by atoms with Crippen LogP contribution in [0.4, 0.5) is 0 Å². The van der Waals surface area contributed by atoms with E-state index in [0.717, 1.165) is 32.8 Å². The normalized spacial score (nSPS) is 30.7. The highest BCUT2D eigenvalue weighted by atomic mass is 16.5. The van der Waals surface area contributed by atoms with Crippen LogP contribution in [-0.4, -0.2) is 43.4 Å². The molecule has 158 valence electrons. The lowest BCUT2D eigenvalue weighted by Crippen LogP contribution is -2.41. The summed E-state index contributed by atoms with van der Waals surface area (Å²) >= 11 is 0. The van der Waals surface area contributed by atoms with Crippen LogP contribution < -0.4 is 5.32 Å². The van der Waals surface area contributed by atoms with E-state index >= 15 is 0 Å². The van der Waals surface area contributed by atoms with Crippen molar-refractivity contribution in [1.82, 2.24) is 10.2 Å². The number of nitrogens with one attached hydrogen (secondary N) is 1. The zero-order chi connectivity index (χ0) is 20.2. The van der Waals surface area contributed by atoms with Gasteiger partial charge in [0.25, 0.3) is 0 Å². The van der Waals surface area contributed by atoms with Crippen LogP contribution in [0.25, 0.3) is 0 Å². The van der Waals surface area contributed by atoms with Gasteiger partial charge in [-0.3, -0.25) is 4.90 Å². The van der Waals surface area contributed by atoms with E-state index in [4.69, 9.17) is 9.47 Å². The summed E-state index contributed by atoms with van der Waals surface area (Å²) in [5.41, 5.74) is 2.66. The first-order valence-electron chi connectivity index (χ1n) is 11.2. The van der Waals surface area contributed by atoms with E-state index in [1.54, 1.807) is 0 Å². The standard InChI is InChI=1S/C26H32N2O2/c1-3-9-21(10-4-1)17-29-19-26-16-23(26)24(28-14-8-7-13-27-20-28)15-25(26)30-18-22-11-5-2-6-12-22/h1-12,23-25,27H,13-20H2/t23-,24+,25+,26+/m1/s1. The van der Waals surface area contributed by atoms with Crippen molar-refractivity contribution in [1.29, 1.82) is 0 Å². The molecule has 0 bridgehead atoms. The quantitative estimate of drug-likeness (QED) is 0.675. The van der Waals surface area contributed by atoms with Crippen molar-refractivity contribution in [3.63, 3.8) is 0 Å². The Morgan fingerprint density at radius 2 is 1.67 bits per heavy atom. The maximum Gasteiger partial charge on any atom is 0.0720 e. The zero-order valence-corrected chi connectivity index (χ0v) is 17.6. The molecule has 30 heavy (non-hydrogen) atoms. The largest absolute Gasteiger partial charge is 0.376 e. The molecule has 0 spiro atoms. The van der Waals surface area contributed by atoms with E-state index in [1.165, 1.54) is 17.5 Å². The van der Waals surface area contributed by atoms with Crippen molar-refractivity contribution in [3.05, 3.63) is 83.9 Å². The van der Waals surface area contributed by atoms with Crippen molar-refractivity contribution in [2.24, 2.45) is 11.3 Å². The Bertz CT molecular complexity index is 841. The van der Waals surface area contributed by atoms with Gasteiger partial charge in [0.15, 0.2) is 0 Å². The SMILES string of the molecule is C1=CCN([C@H]2C[C@H](OCc3ccccc3)[C@]3(COCc4ccccc4)C[C@H]23)CNC1. The summed E-state index contributed by atoms with van der Waals surface area (Å²) in [5, 5.41) is 3.53. The molecular weight excluding hydrogens is 372 g/mol. The van der Waals surface area contributed by atoms with E-state index in [0.29, 0.717) is 25.2 Å². The summed E-state index contributed by atoms with van der Waals surface area (Å²) in [6.07, 6.45) is 7.11. The third-order valence-electron chi connectivity index (χ3n) is 7.07. The van der Waals surface area contributed by atoms with Crippen LogP contribution in [0.15, 0.2) is 72.8 Å². The van der Waals surface area contributed by atoms with Gasteiger partial charge < -0.3 is 14.8 Å². The molecule has 2 saturated carbocycles. The first kappa shape index (κ1) is 20.0. The molecule has 3 aliphatic rings. The number of hydrogen-bond acceptors (Lipinski definition) is 4. The Morgan fingerprint density at radius 1 is 0.933 bits per heavy atom. The number of ether oxygens (including phenoxy) is 2. The van der Waals surface area contributed by atoms with Gasteiger partial charge in [-0.15, -0.1) is 0 Å². The van der Waals surface area contributed by atoms with Gasteiger partial charge in [0.1, 0.15) is 0 Å². The molecule has 2 aliphatic carbocycles. The minimum absolute atomic E-state index is 0.171. The molecule has 0 saturated heterocycles. The fourth-order valence-electron chi connectivity index (χ4n) is 5.36. The van der Waals surface area contributed by atoms with E-state index < -0.39 is 0 Å². The third kappa shape index (κ3) is 4.23. The molecule has 1 heterocycles. The Hall–Kier alpha value is -1.98. The zero-order valence-electron chi connectivity index (χ0n) is 17.6. The second kappa shape index (κ2) is 9.03. The highest BCUT2D eigenvalue weighted by Gasteiger charge is 2.68. The van der Waals surface area contributed by atoms with E-state index in [2.05, 4.69) is 83.0 Å². The van der Waals surface area contributed by atoms with E-state index in [9.17, 15) is 0 Å². The highest BCUT2D eigenvalue weighted by Crippen LogP contribution is 2.65. The molecular formula is C26H32N2O2. The summed E-state index contributed by atoms with van der Waals surface area (Å²) in [7, 11) is 0. The molecule has 4 atom stereocenters.